The van der Waals surface area contributed by atoms with Crippen LogP contribution in [0.25, 0.3) is 0 Å². The average molecular weight is 473 g/mol. The Labute approximate surface area is 151 Å². The van der Waals surface area contributed by atoms with Gasteiger partial charge in [0.25, 0.3) is 11.8 Å². The molecule has 1 heterocycles. The molecule has 0 spiro atoms. The van der Waals surface area contributed by atoms with Crippen LogP contribution in [0, 0.1) is 0 Å². The third kappa shape index (κ3) is 4.20. The lowest BCUT2D eigenvalue weighted by Gasteiger charge is -2.07. The first-order valence-corrected chi connectivity index (χ1v) is 8.55. The minimum atomic E-state index is -0.550. The molecule has 0 atom stereocenters. The largest absolute Gasteiger partial charge is 0.279 e. The van der Waals surface area contributed by atoms with Crippen LogP contribution in [0.5, 0.6) is 0 Å². The van der Waals surface area contributed by atoms with Crippen molar-refractivity contribution in [3.8, 4) is 0 Å². The van der Waals surface area contributed by atoms with Crippen molar-refractivity contribution in [1.82, 2.24) is 10.9 Å². The van der Waals surface area contributed by atoms with Crippen molar-refractivity contribution in [2.45, 2.75) is 0 Å². The summed E-state index contributed by atoms with van der Waals surface area (Å²) < 4.78 is 1.55. The van der Waals surface area contributed by atoms with Crippen LogP contribution < -0.4 is 10.9 Å². The van der Waals surface area contributed by atoms with Crippen LogP contribution in [0.1, 0.15) is 20.0 Å². The quantitative estimate of drug-likeness (QED) is 0.625. The van der Waals surface area contributed by atoms with E-state index in [1.165, 1.54) is 23.5 Å². The van der Waals surface area contributed by atoms with E-state index >= 15 is 0 Å². The second kappa shape index (κ2) is 7.11. The Bertz CT molecular complexity index is 702. The number of rotatable bonds is 2. The van der Waals surface area contributed by atoms with Gasteiger partial charge in [-0.2, -0.15) is 0 Å². The monoisotopic (exact) mass is 470 g/mol. The van der Waals surface area contributed by atoms with Crippen LogP contribution in [-0.2, 0) is 0 Å². The smallest absolute Gasteiger partial charge is 0.267 e. The summed E-state index contributed by atoms with van der Waals surface area (Å²) in [6, 6.07) is 6.14. The fourth-order valence-corrected chi connectivity index (χ4v) is 3.68. The predicted octanol–water partition coefficient (Wildman–Crippen LogP) is 4.65. The van der Waals surface area contributed by atoms with Gasteiger partial charge in [0, 0.05) is 9.50 Å². The second-order valence-corrected chi connectivity index (χ2v) is 7.83. The highest BCUT2D eigenvalue weighted by atomic mass is 79.9. The Morgan fingerprint density at radius 2 is 1.71 bits per heavy atom. The zero-order valence-corrected chi connectivity index (χ0v) is 15.5. The maximum atomic E-state index is 11.9. The molecule has 0 fully saturated rings. The van der Waals surface area contributed by atoms with Crippen molar-refractivity contribution < 1.29 is 9.59 Å². The number of benzene rings is 1. The fraction of sp³-hybridized carbons (Fsp3) is 0. The van der Waals surface area contributed by atoms with Gasteiger partial charge in [0.1, 0.15) is 0 Å². The predicted molar refractivity (Wildman–Crippen MR) is 91.1 cm³/mol. The molecule has 2 amide bonds. The highest BCUT2D eigenvalue weighted by molar-refractivity contribution is 9.13. The lowest BCUT2D eigenvalue weighted by atomic mass is 10.2. The number of hydrazine groups is 1. The molecule has 4 nitrogen and oxygen atoms in total. The molecule has 0 aliphatic rings. The summed E-state index contributed by atoms with van der Waals surface area (Å²) >= 11 is 19.5. The lowest BCUT2D eigenvalue weighted by Crippen LogP contribution is -2.41. The van der Waals surface area contributed by atoms with Crippen molar-refractivity contribution in [3.05, 3.63) is 53.0 Å². The van der Waals surface area contributed by atoms with Gasteiger partial charge in [0.15, 0.2) is 0 Å². The highest BCUT2D eigenvalue weighted by Crippen LogP contribution is 2.32. The summed E-state index contributed by atoms with van der Waals surface area (Å²) in [6.45, 7) is 0. The third-order valence-corrected chi connectivity index (χ3v) is 6.15. The first-order chi connectivity index (χ1) is 9.88. The van der Waals surface area contributed by atoms with Gasteiger partial charge >= 0.3 is 0 Å². The van der Waals surface area contributed by atoms with Gasteiger partial charge in [-0.05, 0) is 56.1 Å². The van der Waals surface area contributed by atoms with E-state index in [4.69, 9.17) is 23.2 Å². The summed E-state index contributed by atoms with van der Waals surface area (Å²) in [7, 11) is 0. The maximum absolute atomic E-state index is 11.9. The summed E-state index contributed by atoms with van der Waals surface area (Å²) in [6.07, 6.45) is 0. The molecule has 2 aromatic rings. The number of hydrogen-bond donors (Lipinski definition) is 2. The second-order valence-electron chi connectivity index (χ2n) is 3.76. The molecule has 0 saturated heterocycles. The number of halogens is 4. The number of carbonyl (C=O) groups is 2. The Balaban J connectivity index is 2.04. The van der Waals surface area contributed by atoms with Gasteiger partial charge in [0.05, 0.1) is 19.2 Å². The van der Waals surface area contributed by atoms with Gasteiger partial charge < -0.3 is 0 Å². The first-order valence-electron chi connectivity index (χ1n) is 5.39. The van der Waals surface area contributed by atoms with Crippen LogP contribution >= 0.6 is 66.4 Å². The minimum Gasteiger partial charge on any atom is -0.267 e. The summed E-state index contributed by atoms with van der Waals surface area (Å²) in [5.74, 6) is -0.983. The molecular formula is C12H6Br2Cl2N2O2S. The number of thiophene rings is 1. The van der Waals surface area contributed by atoms with Gasteiger partial charge in [-0.15, -0.1) is 11.3 Å². The summed E-state index contributed by atoms with van der Waals surface area (Å²) in [5.41, 5.74) is 4.78. The lowest BCUT2D eigenvalue weighted by molar-refractivity contribution is 0.0849. The molecular weight excluding hydrogens is 467 g/mol. The number of amides is 2. The molecule has 110 valence electrons. The summed E-state index contributed by atoms with van der Waals surface area (Å²) in [5, 5.41) is 0.620. The van der Waals surface area contributed by atoms with Crippen LogP contribution in [0.3, 0.4) is 0 Å². The molecule has 2 N–H and O–H groups in total. The molecule has 9 heteroatoms. The Morgan fingerprint density at radius 1 is 1.05 bits per heavy atom. The summed E-state index contributed by atoms with van der Waals surface area (Å²) in [4.78, 5) is 24.3. The van der Waals surface area contributed by atoms with Crippen LogP contribution in [0.2, 0.25) is 10.0 Å². The molecule has 0 saturated carbocycles. The maximum Gasteiger partial charge on any atom is 0.279 e. The van der Waals surface area contributed by atoms with Crippen LogP contribution in [-0.4, -0.2) is 11.8 Å². The van der Waals surface area contributed by atoms with E-state index in [2.05, 4.69) is 42.7 Å². The van der Waals surface area contributed by atoms with Crippen LogP contribution in [0.15, 0.2) is 32.5 Å². The van der Waals surface area contributed by atoms with Crippen molar-refractivity contribution in [1.29, 1.82) is 0 Å². The van der Waals surface area contributed by atoms with Gasteiger partial charge in [0.2, 0.25) is 0 Å². The van der Waals surface area contributed by atoms with E-state index in [1.54, 1.807) is 12.1 Å². The zero-order chi connectivity index (χ0) is 15.6. The van der Waals surface area contributed by atoms with Crippen molar-refractivity contribution in [2.24, 2.45) is 0 Å². The van der Waals surface area contributed by atoms with Crippen LogP contribution in [0.4, 0.5) is 0 Å². The number of carbonyl (C=O) groups excluding carboxylic acids is 2. The van der Waals surface area contributed by atoms with Gasteiger partial charge in [-0.25, -0.2) is 0 Å². The van der Waals surface area contributed by atoms with E-state index in [1.807, 2.05) is 0 Å². The molecule has 0 radical (unpaired) electrons. The Hall–Kier alpha value is -0.600. The molecule has 1 aromatic carbocycles. The molecule has 0 unspecified atom stereocenters. The topological polar surface area (TPSA) is 58.2 Å². The average Bonchev–Trinajstić information content (AvgIpc) is 2.78. The number of hydrogen-bond acceptors (Lipinski definition) is 3. The molecule has 2 rings (SSSR count). The molecule has 0 aliphatic heterocycles. The van der Waals surface area contributed by atoms with E-state index in [0.29, 0.717) is 9.90 Å². The van der Waals surface area contributed by atoms with Gasteiger partial charge in [-0.1, -0.05) is 23.2 Å². The van der Waals surface area contributed by atoms with E-state index in [-0.39, 0.29) is 10.6 Å². The third-order valence-electron chi connectivity index (χ3n) is 2.33. The molecule has 0 aliphatic carbocycles. The first kappa shape index (κ1) is 16.8. The standard InChI is InChI=1S/C12H6Br2Cl2N2O2S/c13-7-4-9(21-10(7)14)12(20)18-17-11(19)6-3-5(15)1-2-8(6)16/h1-4H,(H,17,19)(H,18,20). The molecule has 21 heavy (non-hydrogen) atoms. The zero-order valence-electron chi connectivity index (χ0n) is 10.0. The highest BCUT2D eigenvalue weighted by Gasteiger charge is 2.15. The fourth-order valence-electron chi connectivity index (χ4n) is 1.37. The minimum absolute atomic E-state index is 0.179. The van der Waals surface area contributed by atoms with E-state index in [9.17, 15) is 9.59 Å². The van der Waals surface area contributed by atoms with E-state index in [0.717, 1.165) is 8.26 Å². The molecule has 0 bridgehead atoms. The van der Waals surface area contributed by atoms with Crippen molar-refractivity contribution in [3.63, 3.8) is 0 Å². The SMILES string of the molecule is O=C(NNC(=O)c1cc(Cl)ccc1Cl)c1cc(Br)c(Br)s1. The Kier molecular flexibility index (Phi) is 5.67. The molecule has 1 aromatic heterocycles. The van der Waals surface area contributed by atoms with Crippen molar-refractivity contribution in [2.75, 3.05) is 0 Å². The van der Waals surface area contributed by atoms with E-state index < -0.39 is 11.8 Å². The number of nitrogens with one attached hydrogen (secondary N) is 2. The normalized spacial score (nSPS) is 10.3. The van der Waals surface area contributed by atoms with Gasteiger partial charge in [-0.3, -0.25) is 20.4 Å². The Morgan fingerprint density at radius 3 is 2.33 bits per heavy atom. The van der Waals surface area contributed by atoms with Crippen molar-refractivity contribution >= 4 is 78.2 Å².